The Bertz CT molecular complexity index is 701. The third kappa shape index (κ3) is 2.36. The van der Waals surface area contributed by atoms with E-state index in [0.717, 1.165) is 6.42 Å². The van der Waals surface area contributed by atoms with Crippen LogP contribution in [0, 0.1) is 17.2 Å². The number of hydrogen-bond donors (Lipinski definition) is 0. The van der Waals surface area contributed by atoms with Gasteiger partial charge in [0.25, 0.3) is 0 Å². The number of carbonyl (C=O) groups excluding carboxylic acids is 1. The Morgan fingerprint density at radius 2 is 1.95 bits per heavy atom. The third-order valence-electron chi connectivity index (χ3n) is 4.61. The Morgan fingerprint density at radius 3 is 2.57 bits per heavy atom. The minimum Gasteiger partial charge on any atom is -0.292 e. The fourth-order valence-electron chi connectivity index (χ4n) is 3.51. The van der Waals surface area contributed by atoms with Crippen LogP contribution >= 0.6 is 0 Å². The van der Waals surface area contributed by atoms with Crippen molar-refractivity contribution in [3.8, 4) is 6.07 Å². The van der Waals surface area contributed by atoms with Gasteiger partial charge in [-0.1, -0.05) is 6.42 Å². The van der Waals surface area contributed by atoms with Crippen molar-refractivity contribution in [3.05, 3.63) is 29.6 Å². The van der Waals surface area contributed by atoms with Crippen LogP contribution in [0.4, 0.5) is 0 Å². The molecule has 2 unspecified atom stereocenters. The molecule has 3 heterocycles. The Morgan fingerprint density at radius 1 is 1.29 bits per heavy atom. The van der Waals surface area contributed by atoms with Gasteiger partial charge in [0.15, 0.2) is 15.6 Å². The SMILES string of the molecule is N#Cc1cccnc1C(=O)C1CC2CCCC(C1)S2(=O)=O. The number of Topliss-reactive ketones (excluding diaryl/α,β-unsaturated/α-hetero) is 1. The Kier molecular flexibility index (Phi) is 3.54. The zero-order chi connectivity index (χ0) is 15.0. The predicted molar refractivity (Wildman–Crippen MR) is 76.4 cm³/mol. The van der Waals surface area contributed by atoms with E-state index in [4.69, 9.17) is 5.26 Å². The summed E-state index contributed by atoms with van der Waals surface area (Å²) in [5.41, 5.74) is 0.448. The molecule has 0 amide bonds. The van der Waals surface area contributed by atoms with Crippen molar-refractivity contribution in [2.45, 2.75) is 42.6 Å². The van der Waals surface area contributed by atoms with Crippen LogP contribution in [0.15, 0.2) is 18.3 Å². The lowest BCUT2D eigenvalue weighted by atomic mass is 9.85. The molecule has 0 saturated carbocycles. The first-order valence-corrected chi connectivity index (χ1v) is 8.77. The van der Waals surface area contributed by atoms with Gasteiger partial charge < -0.3 is 0 Å². The predicted octanol–water partition coefficient (Wildman–Crippen LogP) is 1.88. The number of nitrogens with zero attached hydrogens (tertiary/aromatic N) is 2. The molecule has 2 aliphatic rings. The zero-order valence-electron chi connectivity index (χ0n) is 11.5. The molecule has 2 saturated heterocycles. The molecule has 0 aromatic carbocycles. The molecule has 2 fully saturated rings. The van der Waals surface area contributed by atoms with Gasteiger partial charge in [-0.25, -0.2) is 8.42 Å². The lowest BCUT2D eigenvalue weighted by Gasteiger charge is -2.38. The Balaban J connectivity index is 1.89. The molecule has 0 N–H and O–H groups in total. The van der Waals surface area contributed by atoms with Crippen molar-refractivity contribution < 1.29 is 13.2 Å². The fraction of sp³-hybridized carbons (Fsp3) is 0.533. The quantitative estimate of drug-likeness (QED) is 0.778. The Hall–Kier alpha value is -1.74. The summed E-state index contributed by atoms with van der Waals surface area (Å²) in [6, 6.07) is 5.17. The van der Waals surface area contributed by atoms with Gasteiger partial charge in [0.2, 0.25) is 0 Å². The van der Waals surface area contributed by atoms with Crippen molar-refractivity contribution >= 4 is 15.6 Å². The Labute approximate surface area is 123 Å². The molecular formula is C15H16N2O3S. The number of nitriles is 1. The molecular weight excluding hydrogens is 288 g/mol. The van der Waals surface area contributed by atoms with E-state index in [1.165, 1.54) is 6.20 Å². The van der Waals surface area contributed by atoms with Crippen LogP contribution in [-0.4, -0.2) is 29.7 Å². The number of aromatic nitrogens is 1. The highest BCUT2D eigenvalue weighted by Gasteiger charge is 2.46. The van der Waals surface area contributed by atoms with E-state index in [9.17, 15) is 13.2 Å². The van der Waals surface area contributed by atoms with Crippen molar-refractivity contribution in [2.75, 3.05) is 0 Å². The molecule has 2 bridgehead atoms. The van der Waals surface area contributed by atoms with Crippen LogP contribution in [-0.2, 0) is 9.84 Å². The lowest BCUT2D eigenvalue weighted by Crippen LogP contribution is -2.45. The van der Waals surface area contributed by atoms with E-state index >= 15 is 0 Å². The molecule has 1 aromatic heterocycles. The molecule has 21 heavy (non-hydrogen) atoms. The first-order chi connectivity index (χ1) is 10.0. The number of sulfone groups is 1. The standard InChI is InChI=1S/C15H16N2O3S/c16-9-10-3-2-6-17-14(10)15(18)11-7-12-4-1-5-13(8-11)21(12,19)20/h2-3,6,11-13H,1,4-5,7-8H2. The first-order valence-electron chi connectivity index (χ1n) is 7.16. The van der Waals surface area contributed by atoms with Gasteiger partial charge in [-0.05, 0) is 37.8 Å². The summed E-state index contributed by atoms with van der Waals surface area (Å²) in [5, 5.41) is 8.28. The van der Waals surface area contributed by atoms with Crippen LogP contribution in [0.25, 0.3) is 0 Å². The maximum absolute atomic E-state index is 12.6. The minimum atomic E-state index is -3.07. The highest BCUT2D eigenvalue weighted by molar-refractivity contribution is 7.92. The minimum absolute atomic E-state index is 0.182. The van der Waals surface area contributed by atoms with Crippen LogP contribution in [0.3, 0.4) is 0 Å². The van der Waals surface area contributed by atoms with Crippen molar-refractivity contribution in [1.82, 2.24) is 4.98 Å². The van der Waals surface area contributed by atoms with E-state index in [-0.39, 0.29) is 23.0 Å². The number of hydrogen-bond acceptors (Lipinski definition) is 5. The molecule has 2 atom stereocenters. The van der Waals surface area contributed by atoms with Crippen LogP contribution < -0.4 is 0 Å². The first kappa shape index (κ1) is 14.2. The van der Waals surface area contributed by atoms with Crippen molar-refractivity contribution in [1.29, 1.82) is 5.26 Å². The van der Waals surface area contributed by atoms with E-state index in [1.807, 2.05) is 6.07 Å². The highest BCUT2D eigenvalue weighted by Crippen LogP contribution is 2.40. The number of rotatable bonds is 2. The van der Waals surface area contributed by atoms with Gasteiger partial charge in [-0.2, -0.15) is 5.26 Å². The summed E-state index contributed by atoms with van der Waals surface area (Å²) in [5.74, 6) is -0.509. The second-order valence-electron chi connectivity index (χ2n) is 5.81. The van der Waals surface area contributed by atoms with Gasteiger partial charge in [0.05, 0.1) is 16.1 Å². The second kappa shape index (κ2) is 5.23. The molecule has 6 heteroatoms. The molecule has 5 nitrogen and oxygen atoms in total. The van der Waals surface area contributed by atoms with E-state index in [0.29, 0.717) is 25.7 Å². The van der Waals surface area contributed by atoms with Crippen LogP contribution in [0.1, 0.15) is 48.2 Å². The average Bonchev–Trinajstić information content (AvgIpc) is 2.45. The summed E-state index contributed by atoms with van der Waals surface area (Å²) in [6.07, 6.45) is 4.46. The number of pyridine rings is 1. The third-order valence-corrected chi connectivity index (χ3v) is 7.32. The number of fused-ring (bicyclic) bond motifs is 2. The monoisotopic (exact) mass is 304 g/mol. The van der Waals surface area contributed by atoms with Gasteiger partial charge >= 0.3 is 0 Å². The molecule has 110 valence electrons. The van der Waals surface area contributed by atoms with Crippen molar-refractivity contribution in [2.24, 2.45) is 5.92 Å². The molecule has 3 rings (SSSR count). The van der Waals surface area contributed by atoms with Gasteiger partial charge in [-0.3, -0.25) is 9.78 Å². The van der Waals surface area contributed by atoms with Gasteiger partial charge in [0, 0.05) is 12.1 Å². The van der Waals surface area contributed by atoms with Gasteiger partial charge in [-0.15, -0.1) is 0 Å². The normalized spacial score (nSPS) is 30.3. The van der Waals surface area contributed by atoms with Gasteiger partial charge in [0.1, 0.15) is 11.8 Å². The van der Waals surface area contributed by atoms with E-state index < -0.39 is 20.3 Å². The fourth-order valence-corrected chi connectivity index (χ4v) is 6.04. The largest absolute Gasteiger partial charge is 0.292 e. The van der Waals surface area contributed by atoms with Crippen LogP contribution in [0.5, 0.6) is 0 Å². The summed E-state index contributed by atoms with van der Waals surface area (Å²) >= 11 is 0. The maximum atomic E-state index is 12.6. The molecule has 0 aliphatic carbocycles. The molecule has 0 radical (unpaired) electrons. The number of carbonyl (C=O) groups is 1. The second-order valence-corrected chi connectivity index (χ2v) is 8.32. The van der Waals surface area contributed by atoms with Crippen LogP contribution in [0.2, 0.25) is 0 Å². The zero-order valence-corrected chi connectivity index (χ0v) is 12.3. The molecule has 0 spiro atoms. The lowest BCUT2D eigenvalue weighted by molar-refractivity contribution is 0.0888. The summed E-state index contributed by atoms with van der Waals surface area (Å²) in [7, 11) is -3.07. The molecule has 2 aliphatic heterocycles. The topological polar surface area (TPSA) is 87.9 Å². The summed E-state index contributed by atoms with van der Waals surface area (Å²) in [4.78, 5) is 16.6. The summed E-state index contributed by atoms with van der Waals surface area (Å²) in [6.45, 7) is 0. The molecule has 1 aromatic rings. The van der Waals surface area contributed by atoms with Crippen molar-refractivity contribution in [3.63, 3.8) is 0 Å². The maximum Gasteiger partial charge on any atom is 0.185 e. The van der Waals surface area contributed by atoms with E-state index in [1.54, 1.807) is 12.1 Å². The highest BCUT2D eigenvalue weighted by atomic mass is 32.2. The average molecular weight is 304 g/mol. The smallest absolute Gasteiger partial charge is 0.185 e. The number of ketones is 1. The summed E-state index contributed by atoms with van der Waals surface area (Å²) < 4.78 is 24.5. The van der Waals surface area contributed by atoms with E-state index in [2.05, 4.69) is 4.98 Å².